The molecule has 1 aromatic carbocycles. The van der Waals surface area contributed by atoms with Crippen LogP contribution >= 0.6 is 0 Å². The molecular formula is C10H11FO3. The van der Waals surface area contributed by atoms with Gasteiger partial charge in [-0.05, 0) is 30.2 Å². The molecule has 0 heterocycles. The fourth-order valence-electron chi connectivity index (χ4n) is 1.24. The zero-order chi connectivity index (χ0) is 10.7. The quantitative estimate of drug-likeness (QED) is 0.776. The molecule has 0 aliphatic rings. The van der Waals surface area contributed by atoms with E-state index in [0.29, 0.717) is 11.1 Å². The molecule has 76 valence electrons. The number of aliphatic hydroxyl groups is 1. The maximum atomic E-state index is 12.9. The minimum atomic E-state index is -1.15. The number of hydrogen-bond acceptors (Lipinski definition) is 2. The first-order chi connectivity index (χ1) is 6.49. The third-order valence-electron chi connectivity index (χ3n) is 1.82. The van der Waals surface area contributed by atoms with E-state index in [4.69, 9.17) is 5.11 Å². The summed E-state index contributed by atoms with van der Waals surface area (Å²) in [5.41, 5.74) is 0.953. The van der Waals surface area contributed by atoms with E-state index in [0.717, 1.165) is 6.07 Å². The van der Waals surface area contributed by atoms with Gasteiger partial charge in [0.2, 0.25) is 0 Å². The SMILES string of the molecule is Cc1cc(F)cc([C@H](O)CC(=O)O)c1. The van der Waals surface area contributed by atoms with Crippen molar-refractivity contribution in [2.75, 3.05) is 0 Å². The van der Waals surface area contributed by atoms with Gasteiger partial charge in [-0.1, -0.05) is 6.07 Å². The van der Waals surface area contributed by atoms with Crippen LogP contribution < -0.4 is 0 Å². The molecule has 0 radical (unpaired) electrons. The van der Waals surface area contributed by atoms with Crippen molar-refractivity contribution in [3.8, 4) is 0 Å². The first kappa shape index (κ1) is 10.7. The summed E-state index contributed by atoms with van der Waals surface area (Å²) >= 11 is 0. The maximum Gasteiger partial charge on any atom is 0.306 e. The molecule has 1 aromatic rings. The molecule has 0 fully saturated rings. The molecule has 1 rings (SSSR count). The van der Waals surface area contributed by atoms with Crippen LogP contribution in [0.25, 0.3) is 0 Å². The second-order valence-corrected chi connectivity index (χ2v) is 3.18. The summed E-state index contributed by atoms with van der Waals surface area (Å²) in [5, 5.41) is 17.8. The Bertz CT molecular complexity index is 329. The van der Waals surface area contributed by atoms with E-state index in [1.165, 1.54) is 6.07 Å². The third kappa shape index (κ3) is 2.81. The normalized spacial score (nSPS) is 12.5. The number of rotatable bonds is 3. The Kier molecular flexibility index (Phi) is 3.19. The predicted octanol–water partition coefficient (Wildman–Crippen LogP) is 1.64. The lowest BCUT2D eigenvalue weighted by Crippen LogP contribution is -2.05. The van der Waals surface area contributed by atoms with Gasteiger partial charge in [0.15, 0.2) is 0 Å². The topological polar surface area (TPSA) is 57.5 Å². The molecule has 2 N–H and O–H groups in total. The lowest BCUT2D eigenvalue weighted by atomic mass is 10.0. The highest BCUT2D eigenvalue weighted by Gasteiger charge is 2.12. The summed E-state index contributed by atoms with van der Waals surface area (Å²) < 4.78 is 12.9. The van der Waals surface area contributed by atoms with Gasteiger partial charge in [-0.3, -0.25) is 4.79 Å². The summed E-state index contributed by atoms with van der Waals surface area (Å²) in [7, 11) is 0. The maximum absolute atomic E-state index is 12.9. The molecule has 0 spiro atoms. The van der Waals surface area contributed by atoms with E-state index in [2.05, 4.69) is 0 Å². The van der Waals surface area contributed by atoms with Crippen LogP contribution in [0.3, 0.4) is 0 Å². The predicted molar refractivity (Wildman–Crippen MR) is 48.3 cm³/mol. The van der Waals surface area contributed by atoms with Crippen molar-refractivity contribution in [1.82, 2.24) is 0 Å². The molecule has 0 amide bonds. The van der Waals surface area contributed by atoms with E-state index in [9.17, 15) is 14.3 Å². The molecule has 0 aliphatic carbocycles. The van der Waals surface area contributed by atoms with Crippen LogP contribution in [-0.2, 0) is 4.79 Å². The van der Waals surface area contributed by atoms with E-state index in [1.807, 2.05) is 0 Å². The van der Waals surface area contributed by atoms with Gasteiger partial charge >= 0.3 is 5.97 Å². The molecule has 0 aliphatic heterocycles. The Labute approximate surface area is 80.8 Å². The van der Waals surface area contributed by atoms with E-state index >= 15 is 0 Å². The number of halogens is 1. The average Bonchev–Trinajstić information content (AvgIpc) is 2.00. The number of carboxylic acid groups (broad SMARTS) is 1. The van der Waals surface area contributed by atoms with Crippen LogP contribution in [0.4, 0.5) is 4.39 Å². The molecule has 3 nitrogen and oxygen atoms in total. The fourth-order valence-corrected chi connectivity index (χ4v) is 1.24. The van der Waals surface area contributed by atoms with Crippen LogP contribution in [0.15, 0.2) is 18.2 Å². The van der Waals surface area contributed by atoms with Crippen LogP contribution in [-0.4, -0.2) is 16.2 Å². The summed E-state index contributed by atoms with van der Waals surface area (Å²) in [6.07, 6.45) is -1.56. The highest BCUT2D eigenvalue weighted by atomic mass is 19.1. The lowest BCUT2D eigenvalue weighted by molar-refractivity contribution is -0.139. The number of hydrogen-bond donors (Lipinski definition) is 2. The Balaban J connectivity index is 2.89. The van der Waals surface area contributed by atoms with Crippen molar-refractivity contribution in [3.05, 3.63) is 35.1 Å². The van der Waals surface area contributed by atoms with Gasteiger partial charge in [-0.25, -0.2) is 4.39 Å². The Hall–Kier alpha value is -1.42. The Morgan fingerprint density at radius 2 is 2.14 bits per heavy atom. The van der Waals surface area contributed by atoms with Crippen LogP contribution in [0, 0.1) is 12.7 Å². The van der Waals surface area contributed by atoms with E-state index < -0.39 is 24.3 Å². The molecule has 0 unspecified atom stereocenters. The van der Waals surface area contributed by atoms with Crippen molar-refractivity contribution in [2.45, 2.75) is 19.4 Å². The first-order valence-electron chi connectivity index (χ1n) is 4.16. The molecule has 0 bridgehead atoms. The van der Waals surface area contributed by atoms with Gasteiger partial charge in [0.1, 0.15) is 5.82 Å². The number of carboxylic acids is 1. The molecule has 0 saturated heterocycles. The monoisotopic (exact) mass is 198 g/mol. The lowest BCUT2D eigenvalue weighted by Gasteiger charge is -2.09. The minimum absolute atomic E-state index is 0.296. The van der Waals surface area contributed by atoms with Gasteiger partial charge in [0.05, 0.1) is 12.5 Å². The summed E-state index contributed by atoms with van der Waals surface area (Å²) in [6, 6.07) is 4.02. The highest BCUT2D eigenvalue weighted by Crippen LogP contribution is 2.19. The zero-order valence-electron chi connectivity index (χ0n) is 7.70. The molecule has 4 heteroatoms. The van der Waals surface area contributed by atoms with Gasteiger partial charge in [-0.2, -0.15) is 0 Å². The summed E-state index contributed by atoms with van der Waals surface area (Å²) in [4.78, 5) is 10.3. The number of aliphatic hydroxyl groups excluding tert-OH is 1. The molecule has 0 aromatic heterocycles. The first-order valence-corrected chi connectivity index (χ1v) is 4.16. The average molecular weight is 198 g/mol. The van der Waals surface area contributed by atoms with Crippen LogP contribution in [0.2, 0.25) is 0 Å². The molecule has 0 saturated carbocycles. The highest BCUT2D eigenvalue weighted by molar-refractivity contribution is 5.67. The van der Waals surface area contributed by atoms with Crippen molar-refractivity contribution in [1.29, 1.82) is 0 Å². The van der Waals surface area contributed by atoms with Crippen LogP contribution in [0.1, 0.15) is 23.7 Å². The van der Waals surface area contributed by atoms with Crippen molar-refractivity contribution >= 4 is 5.97 Å². The Morgan fingerprint density at radius 3 is 2.64 bits per heavy atom. The smallest absolute Gasteiger partial charge is 0.306 e. The fraction of sp³-hybridized carbons (Fsp3) is 0.300. The second kappa shape index (κ2) is 4.19. The minimum Gasteiger partial charge on any atom is -0.481 e. The van der Waals surface area contributed by atoms with Crippen molar-refractivity contribution < 1.29 is 19.4 Å². The number of aryl methyl sites for hydroxylation is 1. The summed E-state index contributed by atoms with van der Waals surface area (Å²) in [5.74, 6) is -1.58. The second-order valence-electron chi connectivity index (χ2n) is 3.18. The van der Waals surface area contributed by atoms with Crippen molar-refractivity contribution in [2.24, 2.45) is 0 Å². The zero-order valence-corrected chi connectivity index (χ0v) is 7.70. The van der Waals surface area contributed by atoms with Gasteiger partial charge in [0, 0.05) is 0 Å². The number of carbonyl (C=O) groups is 1. The largest absolute Gasteiger partial charge is 0.481 e. The van der Waals surface area contributed by atoms with Crippen molar-refractivity contribution in [3.63, 3.8) is 0 Å². The van der Waals surface area contributed by atoms with Crippen LogP contribution in [0.5, 0.6) is 0 Å². The molecule has 14 heavy (non-hydrogen) atoms. The number of benzene rings is 1. The number of aliphatic carboxylic acids is 1. The standard InChI is InChI=1S/C10H11FO3/c1-6-2-7(4-8(11)3-6)9(12)5-10(13)14/h2-4,9,12H,5H2,1H3,(H,13,14)/t9-/m1/s1. The summed E-state index contributed by atoms with van der Waals surface area (Å²) in [6.45, 7) is 1.68. The third-order valence-corrected chi connectivity index (χ3v) is 1.82. The van der Waals surface area contributed by atoms with Gasteiger partial charge < -0.3 is 10.2 Å². The van der Waals surface area contributed by atoms with E-state index in [-0.39, 0.29) is 0 Å². The van der Waals surface area contributed by atoms with Gasteiger partial charge in [-0.15, -0.1) is 0 Å². The molecular weight excluding hydrogens is 187 g/mol. The molecule has 1 atom stereocenters. The Morgan fingerprint density at radius 1 is 1.50 bits per heavy atom. The van der Waals surface area contributed by atoms with Gasteiger partial charge in [0.25, 0.3) is 0 Å². The van der Waals surface area contributed by atoms with E-state index in [1.54, 1.807) is 13.0 Å².